The van der Waals surface area contributed by atoms with E-state index in [1.165, 1.54) is 10.6 Å². The molecule has 66 valence electrons. The van der Waals surface area contributed by atoms with Crippen molar-refractivity contribution in [3.63, 3.8) is 0 Å². The van der Waals surface area contributed by atoms with Crippen molar-refractivity contribution in [1.29, 1.82) is 0 Å². The maximum Gasteiger partial charge on any atom is 0.0928 e. The van der Waals surface area contributed by atoms with E-state index in [-0.39, 0.29) is 0 Å². The van der Waals surface area contributed by atoms with Crippen LogP contribution in [-0.4, -0.2) is 9.97 Å². The Kier molecular flexibility index (Phi) is 2.67. The number of aromatic nitrogens is 2. The third-order valence-corrected chi connectivity index (χ3v) is 2.67. The Balaban J connectivity index is 1.94. The first-order valence-electron chi connectivity index (χ1n) is 4.22. The van der Waals surface area contributed by atoms with E-state index in [1.807, 2.05) is 23.8 Å². The van der Waals surface area contributed by atoms with Crippen LogP contribution in [0.1, 0.15) is 10.6 Å². The van der Waals surface area contributed by atoms with Crippen LogP contribution in [0, 0.1) is 0 Å². The van der Waals surface area contributed by atoms with Crippen LogP contribution in [0.4, 0.5) is 0 Å². The molecule has 2 aromatic rings. The van der Waals surface area contributed by atoms with Crippen LogP contribution in [0.15, 0.2) is 36.1 Å². The molecule has 2 nitrogen and oxygen atoms in total. The number of pyridine rings is 1. The lowest BCUT2D eigenvalue weighted by molar-refractivity contribution is 0.935. The van der Waals surface area contributed by atoms with Gasteiger partial charge < -0.3 is 0 Å². The van der Waals surface area contributed by atoms with Gasteiger partial charge >= 0.3 is 0 Å². The monoisotopic (exact) mass is 190 g/mol. The summed E-state index contributed by atoms with van der Waals surface area (Å²) in [5.41, 5.74) is 1.28. The molecule has 0 amide bonds. The molecule has 0 aliphatic rings. The average Bonchev–Trinajstić information content (AvgIpc) is 2.69. The standard InChI is InChI=1S/C10H10N2S/c1-2-9(8-11-5-1)3-4-10-12-6-7-13-10/h1-2,5-8H,3-4H2. The highest BCUT2D eigenvalue weighted by molar-refractivity contribution is 7.09. The Morgan fingerprint density at radius 2 is 2.23 bits per heavy atom. The molecule has 0 radical (unpaired) electrons. The van der Waals surface area contributed by atoms with E-state index in [9.17, 15) is 0 Å². The quantitative estimate of drug-likeness (QED) is 0.742. The summed E-state index contributed by atoms with van der Waals surface area (Å²) in [6.07, 6.45) is 7.61. The molecule has 0 spiro atoms. The predicted octanol–water partition coefficient (Wildman–Crippen LogP) is 2.32. The summed E-state index contributed by atoms with van der Waals surface area (Å²) in [5.74, 6) is 0. The number of rotatable bonds is 3. The zero-order valence-corrected chi connectivity index (χ0v) is 8.00. The second kappa shape index (κ2) is 4.14. The number of hydrogen-bond acceptors (Lipinski definition) is 3. The van der Waals surface area contributed by atoms with Gasteiger partial charge in [-0.1, -0.05) is 6.07 Å². The molecule has 0 N–H and O–H groups in total. The third-order valence-electron chi connectivity index (χ3n) is 1.83. The van der Waals surface area contributed by atoms with Crippen molar-refractivity contribution in [3.05, 3.63) is 46.7 Å². The summed E-state index contributed by atoms with van der Waals surface area (Å²) in [6, 6.07) is 4.07. The highest BCUT2D eigenvalue weighted by Gasteiger charge is 1.96. The summed E-state index contributed by atoms with van der Waals surface area (Å²) in [4.78, 5) is 8.30. The largest absolute Gasteiger partial charge is 0.264 e. The first-order valence-corrected chi connectivity index (χ1v) is 5.10. The van der Waals surface area contributed by atoms with Gasteiger partial charge in [-0.25, -0.2) is 4.98 Å². The molecule has 13 heavy (non-hydrogen) atoms. The Labute approximate surface area is 81.3 Å². The minimum atomic E-state index is 1.02. The van der Waals surface area contributed by atoms with Gasteiger partial charge in [0, 0.05) is 30.4 Å². The van der Waals surface area contributed by atoms with E-state index in [0.29, 0.717) is 0 Å². The summed E-state index contributed by atoms with van der Waals surface area (Å²) >= 11 is 1.71. The van der Waals surface area contributed by atoms with Crippen molar-refractivity contribution < 1.29 is 0 Å². The molecule has 2 rings (SSSR count). The van der Waals surface area contributed by atoms with Gasteiger partial charge in [0.15, 0.2) is 0 Å². The molecule has 2 heterocycles. The first-order chi connectivity index (χ1) is 6.45. The minimum absolute atomic E-state index is 1.02. The molecule has 0 aliphatic heterocycles. The minimum Gasteiger partial charge on any atom is -0.264 e. The van der Waals surface area contributed by atoms with Crippen molar-refractivity contribution in [2.75, 3.05) is 0 Å². The molecule has 0 aromatic carbocycles. The summed E-state index contributed by atoms with van der Waals surface area (Å²) in [6.45, 7) is 0. The van der Waals surface area contributed by atoms with Crippen LogP contribution < -0.4 is 0 Å². The molecule has 0 aliphatic carbocycles. The van der Waals surface area contributed by atoms with Crippen LogP contribution in [0.3, 0.4) is 0 Å². The second-order valence-corrected chi connectivity index (χ2v) is 3.77. The summed E-state index contributed by atoms with van der Waals surface area (Å²) in [5, 5.41) is 3.21. The van der Waals surface area contributed by atoms with E-state index >= 15 is 0 Å². The van der Waals surface area contributed by atoms with E-state index in [4.69, 9.17) is 0 Å². The van der Waals surface area contributed by atoms with Crippen LogP contribution in [0.25, 0.3) is 0 Å². The molecule has 0 saturated heterocycles. The Morgan fingerprint density at radius 1 is 1.23 bits per heavy atom. The van der Waals surface area contributed by atoms with Crippen molar-refractivity contribution in [1.82, 2.24) is 9.97 Å². The van der Waals surface area contributed by atoms with Gasteiger partial charge in [-0.05, 0) is 18.1 Å². The van der Waals surface area contributed by atoms with E-state index in [2.05, 4.69) is 16.0 Å². The molecule has 0 atom stereocenters. The van der Waals surface area contributed by atoms with Gasteiger partial charge in [0.2, 0.25) is 0 Å². The van der Waals surface area contributed by atoms with Crippen LogP contribution >= 0.6 is 11.3 Å². The van der Waals surface area contributed by atoms with Gasteiger partial charge in [-0.3, -0.25) is 4.98 Å². The van der Waals surface area contributed by atoms with Crippen molar-refractivity contribution in [2.24, 2.45) is 0 Å². The maximum atomic E-state index is 4.23. The molecular formula is C10H10N2S. The zero-order chi connectivity index (χ0) is 8.93. The lowest BCUT2D eigenvalue weighted by atomic mass is 10.2. The molecule has 0 saturated carbocycles. The number of aryl methyl sites for hydroxylation is 2. The Bertz CT molecular complexity index is 342. The van der Waals surface area contributed by atoms with Crippen molar-refractivity contribution in [2.45, 2.75) is 12.8 Å². The smallest absolute Gasteiger partial charge is 0.0928 e. The van der Waals surface area contributed by atoms with E-state index in [0.717, 1.165) is 12.8 Å². The van der Waals surface area contributed by atoms with Crippen LogP contribution in [0.5, 0.6) is 0 Å². The van der Waals surface area contributed by atoms with E-state index < -0.39 is 0 Å². The molecule has 3 heteroatoms. The number of nitrogens with zero attached hydrogens (tertiary/aromatic N) is 2. The van der Waals surface area contributed by atoms with Gasteiger partial charge in [0.05, 0.1) is 5.01 Å². The average molecular weight is 190 g/mol. The molecule has 0 bridgehead atoms. The summed E-state index contributed by atoms with van der Waals surface area (Å²) < 4.78 is 0. The Hall–Kier alpha value is -1.22. The lowest BCUT2D eigenvalue weighted by Gasteiger charge is -1.96. The van der Waals surface area contributed by atoms with Crippen LogP contribution in [0.2, 0.25) is 0 Å². The zero-order valence-electron chi connectivity index (χ0n) is 7.18. The van der Waals surface area contributed by atoms with Gasteiger partial charge in [-0.2, -0.15) is 0 Å². The van der Waals surface area contributed by atoms with Gasteiger partial charge in [0.25, 0.3) is 0 Å². The van der Waals surface area contributed by atoms with Gasteiger partial charge in [-0.15, -0.1) is 11.3 Å². The summed E-state index contributed by atoms with van der Waals surface area (Å²) in [7, 11) is 0. The fraction of sp³-hybridized carbons (Fsp3) is 0.200. The molecule has 0 unspecified atom stereocenters. The van der Waals surface area contributed by atoms with Crippen LogP contribution in [-0.2, 0) is 12.8 Å². The predicted molar refractivity (Wildman–Crippen MR) is 53.8 cm³/mol. The van der Waals surface area contributed by atoms with Crippen molar-refractivity contribution in [3.8, 4) is 0 Å². The topological polar surface area (TPSA) is 25.8 Å². The van der Waals surface area contributed by atoms with Crippen molar-refractivity contribution >= 4 is 11.3 Å². The highest BCUT2D eigenvalue weighted by Crippen LogP contribution is 2.08. The fourth-order valence-corrected chi connectivity index (χ4v) is 1.79. The highest BCUT2D eigenvalue weighted by atomic mass is 32.1. The molecule has 2 aromatic heterocycles. The number of thiazole rings is 1. The number of hydrogen-bond donors (Lipinski definition) is 0. The van der Waals surface area contributed by atoms with Gasteiger partial charge in [0.1, 0.15) is 0 Å². The second-order valence-electron chi connectivity index (χ2n) is 2.79. The SMILES string of the molecule is c1cncc(CCc2nccs2)c1. The molecular weight excluding hydrogens is 180 g/mol. The Morgan fingerprint density at radius 3 is 2.92 bits per heavy atom. The molecule has 0 fully saturated rings. The first kappa shape index (κ1) is 8.38. The maximum absolute atomic E-state index is 4.23. The normalized spacial score (nSPS) is 10.2. The third kappa shape index (κ3) is 2.36. The fourth-order valence-electron chi connectivity index (χ4n) is 1.17. The lowest BCUT2D eigenvalue weighted by Crippen LogP contribution is -1.90. The van der Waals surface area contributed by atoms with E-state index in [1.54, 1.807) is 17.5 Å².